The molecule has 4 nitrogen and oxygen atoms in total. The van der Waals surface area contributed by atoms with Gasteiger partial charge in [-0.25, -0.2) is 0 Å². The highest BCUT2D eigenvalue weighted by atomic mass is 16.1. The van der Waals surface area contributed by atoms with Crippen molar-refractivity contribution in [2.45, 2.75) is 25.7 Å². The first-order valence-electron chi connectivity index (χ1n) is 8.36. The van der Waals surface area contributed by atoms with Crippen LogP contribution < -0.4 is 5.32 Å². The number of nitrogens with one attached hydrogen (secondary N) is 2. The first kappa shape index (κ1) is 15.3. The van der Waals surface area contributed by atoms with Crippen LogP contribution in [-0.2, 0) is 0 Å². The Morgan fingerprint density at radius 3 is 2.77 bits per heavy atom. The average molecular weight is 299 g/mol. The summed E-state index contributed by atoms with van der Waals surface area (Å²) in [5, 5.41) is 4.44. The van der Waals surface area contributed by atoms with E-state index >= 15 is 0 Å². The fourth-order valence-electron chi connectivity index (χ4n) is 3.12. The highest BCUT2D eigenvalue weighted by Gasteiger charge is 2.09. The molecule has 1 aliphatic heterocycles. The summed E-state index contributed by atoms with van der Waals surface area (Å²) in [7, 11) is 0. The van der Waals surface area contributed by atoms with E-state index < -0.39 is 0 Å². The predicted octanol–water partition coefficient (Wildman–Crippen LogP) is 2.82. The second-order valence-electron chi connectivity index (χ2n) is 6.14. The van der Waals surface area contributed by atoms with E-state index in [4.69, 9.17) is 0 Å². The standard InChI is InChI=1S/C18H25N3O/c22-18(16-6-5-15-7-8-20-17(15)13-16)14-19-9-12-21-10-3-1-2-4-11-21/h5-8,13,19-20H,1-4,9-12,14H2. The molecule has 0 spiro atoms. The largest absolute Gasteiger partial charge is 0.361 e. The van der Waals surface area contributed by atoms with E-state index in [1.807, 2.05) is 30.5 Å². The molecule has 0 unspecified atom stereocenters. The lowest BCUT2D eigenvalue weighted by molar-refractivity contribution is 0.0990. The van der Waals surface area contributed by atoms with Crippen molar-refractivity contribution in [1.82, 2.24) is 15.2 Å². The molecule has 1 aromatic carbocycles. The summed E-state index contributed by atoms with van der Waals surface area (Å²) in [6, 6.07) is 7.86. The first-order chi connectivity index (χ1) is 10.8. The van der Waals surface area contributed by atoms with Crippen LogP contribution >= 0.6 is 0 Å². The summed E-state index contributed by atoms with van der Waals surface area (Å²) < 4.78 is 0. The number of rotatable bonds is 6. The van der Waals surface area contributed by atoms with Gasteiger partial charge in [-0.3, -0.25) is 4.79 Å². The van der Waals surface area contributed by atoms with Crippen LogP contribution in [-0.4, -0.2) is 48.4 Å². The molecule has 0 radical (unpaired) electrons. The smallest absolute Gasteiger partial charge is 0.176 e. The fraction of sp³-hybridized carbons (Fsp3) is 0.500. The molecule has 2 aromatic rings. The summed E-state index contributed by atoms with van der Waals surface area (Å²) in [5.41, 5.74) is 1.80. The van der Waals surface area contributed by atoms with Gasteiger partial charge < -0.3 is 15.2 Å². The van der Waals surface area contributed by atoms with Crippen molar-refractivity contribution in [3.05, 3.63) is 36.0 Å². The normalized spacial score (nSPS) is 16.7. The number of carbonyl (C=O) groups excluding carboxylic acids is 1. The number of fused-ring (bicyclic) bond motifs is 1. The lowest BCUT2D eigenvalue weighted by Crippen LogP contribution is -2.34. The highest BCUT2D eigenvalue weighted by molar-refractivity contribution is 6.00. The van der Waals surface area contributed by atoms with E-state index in [0.29, 0.717) is 6.54 Å². The van der Waals surface area contributed by atoms with Crippen molar-refractivity contribution >= 4 is 16.7 Å². The summed E-state index contributed by atoms with van der Waals surface area (Å²) >= 11 is 0. The van der Waals surface area contributed by atoms with Crippen molar-refractivity contribution in [2.24, 2.45) is 0 Å². The zero-order valence-electron chi connectivity index (χ0n) is 13.1. The Balaban J connectivity index is 1.43. The number of hydrogen-bond acceptors (Lipinski definition) is 3. The van der Waals surface area contributed by atoms with Crippen molar-refractivity contribution in [3.8, 4) is 0 Å². The topological polar surface area (TPSA) is 48.1 Å². The summed E-state index contributed by atoms with van der Waals surface area (Å²) in [6.45, 7) is 4.76. The minimum Gasteiger partial charge on any atom is -0.361 e. The number of carbonyl (C=O) groups is 1. The summed E-state index contributed by atoms with van der Waals surface area (Å²) in [4.78, 5) is 17.9. The summed E-state index contributed by atoms with van der Waals surface area (Å²) in [6.07, 6.45) is 7.26. The minimum atomic E-state index is 0.160. The quantitative estimate of drug-likeness (QED) is 0.637. The third kappa shape index (κ3) is 3.96. The van der Waals surface area contributed by atoms with E-state index in [2.05, 4.69) is 15.2 Å². The number of ketones is 1. The van der Waals surface area contributed by atoms with Gasteiger partial charge in [0.2, 0.25) is 0 Å². The van der Waals surface area contributed by atoms with Gasteiger partial charge in [0, 0.05) is 30.4 Å². The molecular weight excluding hydrogens is 274 g/mol. The molecule has 1 saturated heterocycles. The number of nitrogens with zero attached hydrogens (tertiary/aromatic N) is 1. The lowest BCUT2D eigenvalue weighted by atomic mass is 10.1. The predicted molar refractivity (Wildman–Crippen MR) is 90.4 cm³/mol. The number of aromatic amines is 1. The van der Waals surface area contributed by atoms with Gasteiger partial charge in [0.25, 0.3) is 0 Å². The third-order valence-corrected chi connectivity index (χ3v) is 4.47. The number of H-pyrrole nitrogens is 1. The molecule has 0 amide bonds. The molecule has 0 atom stereocenters. The SMILES string of the molecule is O=C(CNCCN1CCCCCC1)c1ccc2cc[nH]c2c1. The molecule has 0 aliphatic carbocycles. The van der Waals surface area contributed by atoms with E-state index in [1.54, 1.807) is 0 Å². The fourth-order valence-corrected chi connectivity index (χ4v) is 3.12. The van der Waals surface area contributed by atoms with Gasteiger partial charge in [0.1, 0.15) is 0 Å². The molecule has 4 heteroatoms. The van der Waals surface area contributed by atoms with Crippen LogP contribution in [0.5, 0.6) is 0 Å². The average Bonchev–Trinajstić information content (AvgIpc) is 2.85. The van der Waals surface area contributed by atoms with E-state index in [9.17, 15) is 4.79 Å². The highest BCUT2D eigenvalue weighted by Crippen LogP contribution is 2.14. The molecular formula is C18H25N3O. The van der Waals surface area contributed by atoms with Crippen molar-refractivity contribution in [2.75, 3.05) is 32.7 Å². The molecule has 118 valence electrons. The van der Waals surface area contributed by atoms with Crippen LogP contribution in [0.25, 0.3) is 10.9 Å². The van der Waals surface area contributed by atoms with Crippen LogP contribution in [0.3, 0.4) is 0 Å². The Kier molecular flexibility index (Phi) is 5.24. The maximum atomic E-state index is 12.2. The van der Waals surface area contributed by atoms with Crippen molar-refractivity contribution in [3.63, 3.8) is 0 Å². The van der Waals surface area contributed by atoms with Crippen molar-refractivity contribution in [1.29, 1.82) is 0 Å². The van der Waals surface area contributed by atoms with Crippen LogP contribution in [0.4, 0.5) is 0 Å². The van der Waals surface area contributed by atoms with Crippen molar-refractivity contribution < 1.29 is 4.79 Å². The van der Waals surface area contributed by atoms with E-state index in [0.717, 1.165) is 29.6 Å². The van der Waals surface area contributed by atoms with Gasteiger partial charge in [-0.15, -0.1) is 0 Å². The number of hydrogen-bond donors (Lipinski definition) is 2. The summed E-state index contributed by atoms with van der Waals surface area (Å²) in [5.74, 6) is 0.160. The number of aromatic nitrogens is 1. The second kappa shape index (κ2) is 7.56. The van der Waals surface area contributed by atoms with Crippen LogP contribution in [0.15, 0.2) is 30.5 Å². The Bertz CT molecular complexity index is 612. The molecule has 0 bridgehead atoms. The van der Waals surface area contributed by atoms with Gasteiger partial charge in [0.05, 0.1) is 6.54 Å². The number of benzene rings is 1. The molecule has 3 rings (SSSR count). The molecule has 2 N–H and O–H groups in total. The van der Waals surface area contributed by atoms with E-state index in [-0.39, 0.29) is 5.78 Å². The Morgan fingerprint density at radius 2 is 1.95 bits per heavy atom. The van der Waals surface area contributed by atoms with Gasteiger partial charge in [-0.1, -0.05) is 25.0 Å². The van der Waals surface area contributed by atoms with Gasteiger partial charge in [-0.05, 0) is 43.5 Å². The van der Waals surface area contributed by atoms with Gasteiger partial charge in [-0.2, -0.15) is 0 Å². The maximum Gasteiger partial charge on any atom is 0.176 e. The monoisotopic (exact) mass is 299 g/mol. The zero-order chi connectivity index (χ0) is 15.2. The van der Waals surface area contributed by atoms with Crippen LogP contribution in [0.2, 0.25) is 0 Å². The van der Waals surface area contributed by atoms with Crippen LogP contribution in [0.1, 0.15) is 36.0 Å². The first-order valence-corrected chi connectivity index (χ1v) is 8.36. The molecule has 2 heterocycles. The number of Topliss-reactive ketones (excluding diaryl/α,β-unsaturated/α-hetero) is 1. The molecule has 1 fully saturated rings. The minimum absolute atomic E-state index is 0.160. The van der Waals surface area contributed by atoms with E-state index in [1.165, 1.54) is 38.8 Å². The maximum absolute atomic E-state index is 12.2. The Morgan fingerprint density at radius 1 is 1.14 bits per heavy atom. The van der Waals surface area contributed by atoms with Gasteiger partial charge >= 0.3 is 0 Å². The molecule has 1 aliphatic rings. The molecule has 0 saturated carbocycles. The third-order valence-electron chi connectivity index (χ3n) is 4.47. The lowest BCUT2D eigenvalue weighted by Gasteiger charge is -2.19. The second-order valence-corrected chi connectivity index (χ2v) is 6.14. The van der Waals surface area contributed by atoms with Gasteiger partial charge in [0.15, 0.2) is 5.78 Å². The molecule has 1 aromatic heterocycles. The number of likely N-dealkylation sites (tertiary alicyclic amines) is 1. The zero-order valence-corrected chi connectivity index (χ0v) is 13.1. The Hall–Kier alpha value is -1.65. The Labute approximate surface area is 131 Å². The molecule has 22 heavy (non-hydrogen) atoms. The van der Waals surface area contributed by atoms with Crippen LogP contribution in [0, 0.1) is 0 Å².